The highest BCUT2D eigenvalue weighted by atomic mass is 35.5. The largest absolute Gasteiger partial charge is 0.350 e. The summed E-state index contributed by atoms with van der Waals surface area (Å²) in [6.07, 6.45) is 1.05. The summed E-state index contributed by atoms with van der Waals surface area (Å²) in [5, 5.41) is 5.24. The molecule has 3 aromatic carbocycles. The van der Waals surface area contributed by atoms with Gasteiger partial charge in [-0.3, -0.25) is 9.10 Å². The topological polar surface area (TPSA) is 66.5 Å². The highest BCUT2D eigenvalue weighted by molar-refractivity contribution is 7.92. The second-order valence-corrected chi connectivity index (χ2v) is 8.49. The Bertz CT molecular complexity index is 1080. The standard InChI is InChI=1S/C20H19ClN2O3S/c1-27(25,26)23(19-9-5-4-8-18(19)21)14-20(24)22-13-15-10-11-16-6-2-3-7-17(16)12-15/h2-12H,13-14H2,1H3,(H,22,24). The summed E-state index contributed by atoms with van der Waals surface area (Å²) in [6, 6.07) is 20.4. The summed E-state index contributed by atoms with van der Waals surface area (Å²) in [7, 11) is -3.66. The molecule has 0 radical (unpaired) electrons. The summed E-state index contributed by atoms with van der Waals surface area (Å²) < 4.78 is 25.3. The maximum atomic E-state index is 12.4. The predicted molar refractivity (Wildman–Crippen MR) is 109 cm³/mol. The van der Waals surface area contributed by atoms with E-state index < -0.39 is 15.9 Å². The van der Waals surface area contributed by atoms with E-state index in [-0.39, 0.29) is 17.3 Å². The molecular weight excluding hydrogens is 384 g/mol. The second kappa shape index (κ2) is 7.98. The monoisotopic (exact) mass is 402 g/mol. The Balaban J connectivity index is 1.71. The maximum Gasteiger partial charge on any atom is 0.241 e. The Morgan fingerprint density at radius 2 is 1.67 bits per heavy atom. The zero-order valence-corrected chi connectivity index (χ0v) is 16.3. The number of halogens is 1. The molecule has 3 aromatic rings. The molecule has 0 spiro atoms. The highest BCUT2D eigenvalue weighted by Crippen LogP contribution is 2.26. The van der Waals surface area contributed by atoms with Gasteiger partial charge in [0, 0.05) is 6.54 Å². The molecule has 3 rings (SSSR count). The molecule has 0 aromatic heterocycles. The number of sulfonamides is 1. The molecule has 1 N–H and O–H groups in total. The van der Waals surface area contributed by atoms with Crippen LogP contribution in [0.4, 0.5) is 5.69 Å². The van der Waals surface area contributed by atoms with Crippen molar-refractivity contribution in [2.75, 3.05) is 17.1 Å². The molecule has 0 saturated carbocycles. The van der Waals surface area contributed by atoms with Crippen LogP contribution in [0.15, 0.2) is 66.7 Å². The van der Waals surface area contributed by atoms with E-state index in [0.29, 0.717) is 6.54 Å². The number of nitrogens with zero attached hydrogens (tertiary/aromatic N) is 1. The number of hydrogen-bond donors (Lipinski definition) is 1. The molecule has 0 aliphatic heterocycles. The van der Waals surface area contributed by atoms with Gasteiger partial charge in [-0.2, -0.15) is 0 Å². The molecule has 1 amide bonds. The van der Waals surface area contributed by atoms with Crippen LogP contribution in [0.1, 0.15) is 5.56 Å². The molecule has 0 aliphatic rings. The summed E-state index contributed by atoms with van der Waals surface area (Å²) in [5.41, 5.74) is 1.22. The van der Waals surface area contributed by atoms with Gasteiger partial charge >= 0.3 is 0 Å². The number of nitrogens with one attached hydrogen (secondary N) is 1. The van der Waals surface area contributed by atoms with Gasteiger partial charge in [-0.1, -0.05) is 60.1 Å². The number of carbonyl (C=O) groups excluding carboxylic acids is 1. The van der Waals surface area contributed by atoms with Crippen LogP contribution in [-0.2, 0) is 21.4 Å². The average Bonchev–Trinajstić information content (AvgIpc) is 2.64. The summed E-state index contributed by atoms with van der Waals surface area (Å²) in [6.45, 7) is -0.0278. The third kappa shape index (κ3) is 4.78. The van der Waals surface area contributed by atoms with E-state index >= 15 is 0 Å². The Morgan fingerprint density at radius 3 is 2.37 bits per heavy atom. The molecule has 0 fully saturated rings. The van der Waals surface area contributed by atoms with Crippen molar-refractivity contribution in [2.24, 2.45) is 0 Å². The van der Waals surface area contributed by atoms with Gasteiger partial charge in [0.05, 0.1) is 17.0 Å². The van der Waals surface area contributed by atoms with Gasteiger partial charge in [0.2, 0.25) is 15.9 Å². The van der Waals surface area contributed by atoms with Crippen LogP contribution in [0, 0.1) is 0 Å². The molecule has 0 unspecified atom stereocenters. The number of para-hydroxylation sites is 1. The molecule has 5 nitrogen and oxygen atoms in total. The van der Waals surface area contributed by atoms with Crippen molar-refractivity contribution in [1.82, 2.24) is 5.32 Å². The predicted octanol–water partition coefficient (Wildman–Crippen LogP) is 3.58. The van der Waals surface area contributed by atoms with Crippen LogP contribution in [0.3, 0.4) is 0 Å². The molecule has 27 heavy (non-hydrogen) atoms. The van der Waals surface area contributed by atoms with Crippen molar-refractivity contribution in [3.63, 3.8) is 0 Å². The molecule has 7 heteroatoms. The molecule has 0 heterocycles. The number of rotatable bonds is 6. The van der Waals surface area contributed by atoms with Crippen LogP contribution < -0.4 is 9.62 Å². The summed E-state index contributed by atoms with van der Waals surface area (Å²) in [4.78, 5) is 12.4. The van der Waals surface area contributed by atoms with Crippen LogP contribution in [-0.4, -0.2) is 27.1 Å². The second-order valence-electron chi connectivity index (χ2n) is 6.18. The fourth-order valence-corrected chi connectivity index (χ4v) is 3.93. The highest BCUT2D eigenvalue weighted by Gasteiger charge is 2.22. The molecule has 140 valence electrons. The number of benzene rings is 3. The lowest BCUT2D eigenvalue weighted by atomic mass is 10.1. The minimum absolute atomic E-state index is 0.269. The van der Waals surface area contributed by atoms with Crippen molar-refractivity contribution >= 4 is 44.0 Å². The molecule has 0 atom stereocenters. The fraction of sp³-hybridized carbons (Fsp3) is 0.150. The first-order valence-corrected chi connectivity index (χ1v) is 10.5. The van der Waals surface area contributed by atoms with Gasteiger partial charge in [-0.25, -0.2) is 8.42 Å². The van der Waals surface area contributed by atoms with Crippen LogP contribution >= 0.6 is 11.6 Å². The number of fused-ring (bicyclic) bond motifs is 1. The van der Waals surface area contributed by atoms with E-state index in [2.05, 4.69) is 5.32 Å². The molecule has 0 aliphatic carbocycles. The van der Waals surface area contributed by atoms with Gasteiger partial charge in [0.25, 0.3) is 0 Å². The van der Waals surface area contributed by atoms with E-state index in [1.54, 1.807) is 24.3 Å². The summed E-state index contributed by atoms with van der Waals surface area (Å²) >= 11 is 6.10. The fourth-order valence-electron chi connectivity index (χ4n) is 2.77. The lowest BCUT2D eigenvalue weighted by Crippen LogP contribution is -2.40. The Labute approximate surface area is 163 Å². The smallest absolute Gasteiger partial charge is 0.241 e. The summed E-state index contributed by atoms with van der Waals surface area (Å²) in [5.74, 6) is -0.409. The lowest BCUT2D eigenvalue weighted by molar-refractivity contribution is -0.119. The van der Waals surface area contributed by atoms with E-state index in [4.69, 9.17) is 11.6 Å². The quantitative estimate of drug-likeness (QED) is 0.685. The molecular formula is C20H19ClN2O3S. The lowest BCUT2D eigenvalue weighted by Gasteiger charge is -2.22. The van der Waals surface area contributed by atoms with Crippen molar-refractivity contribution in [3.8, 4) is 0 Å². The first-order chi connectivity index (χ1) is 12.8. The minimum Gasteiger partial charge on any atom is -0.350 e. The molecule has 0 saturated heterocycles. The Kier molecular flexibility index (Phi) is 5.68. The number of hydrogen-bond acceptors (Lipinski definition) is 3. The van der Waals surface area contributed by atoms with Crippen molar-refractivity contribution in [3.05, 3.63) is 77.3 Å². The van der Waals surface area contributed by atoms with Crippen LogP contribution in [0.25, 0.3) is 10.8 Å². The maximum absolute atomic E-state index is 12.4. The minimum atomic E-state index is -3.66. The first-order valence-electron chi connectivity index (χ1n) is 8.31. The van der Waals surface area contributed by atoms with Crippen molar-refractivity contribution < 1.29 is 13.2 Å². The SMILES string of the molecule is CS(=O)(=O)N(CC(=O)NCc1ccc2ccccc2c1)c1ccccc1Cl. The molecule has 0 bridgehead atoms. The number of anilines is 1. The van der Waals surface area contributed by atoms with E-state index in [0.717, 1.165) is 26.9 Å². The van der Waals surface area contributed by atoms with Crippen molar-refractivity contribution in [1.29, 1.82) is 0 Å². The van der Waals surface area contributed by atoms with Gasteiger partial charge < -0.3 is 5.32 Å². The Morgan fingerprint density at radius 1 is 1.00 bits per heavy atom. The first kappa shape index (κ1) is 19.2. The van der Waals surface area contributed by atoms with Crippen LogP contribution in [0.2, 0.25) is 5.02 Å². The van der Waals surface area contributed by atoms with Crippen molar-refractivity contribution in [2.45, 2.75) is 6.54 Å². The third-order valence-electron chi connectivity index (χ3n) is 4.11. The van der Waals surface area contributed by atoms with E-state index in [1.165, 1.54) is 0 Å². The van der Waals surface area contributed by atoms with Gasteiger partial charge in [-0.15, -0.1) is 0 Å². The normalized spacial score (nSPS) is 11.3. The zero-order valence-electron chi connectivity index (χ0n) is 14.7. The van der Waals surface area contributed by atoms with Gasteiger partial charge in [0.1, 0.15) is 6.54 Å². The third-order valence-corrected chi connectivity index (χ3v) is 5.56. The zero-order chi connectivity index (χ0) is 19.4. The van der Waals surface area contributed by atoms with E-state index in [1.807, 2.05) is 42.5 Å². The van der Waals surface area contributed by atoms with E-state index in [9.17, 15) is 13.2 Å². The number of carbonyl (C=O) groups is 1. The average molecular weight is 403 g/mol. The van der Waals surface area contributed by atoms with Gasteiger partial charge in [0.15, 0.2) is 0 Å². The van der Waals surface area contributed by atoms with Crippen LogP contribution in [0.5, 0.6) is 0 Å². The Hall–Kier alpha value is -2.57. The van der Waals surface area contributed by atoms with Gasteiger partial charge in [-0.05, 0) is 34.5 Å². The number of amides is 1.